The van der Waals surface area contributed by atoms with Gasteiger partial charge in [0.1, 0.15) is 11.6 Å². The lowest BCUT2D eigenvalue weighted by Gasteiger charge is -2.31. The Kier molecular flexibility index (Phi) is 5.40. The number of alkyl halides is 2. The fourth-order valence-corrected chi connectivity index (χ4v) is 4.66. The highest BCUT2D eigenvalue weighted by Crippen LogP contribution is 2.39. The van der Waals surface area contributed by atoms with Crippen LogP contribution in [0, 0.1) is 5.82 Å². The molecule has 1 amide bonds. The molecule has 1 aromatic heterocycles. The zero-order chi connectivity index (χ0) is 21.5. The summed E-state index contributed by atoms with van der Waals surface area (Å²) in [5.41, 5.74) is 2.43. The Labute approximate surface area is 175 Å². The van der Waals surface area contributed by atoms with E-state index in [-0.39, 0.29) is 38.0 Å². The van der Waals surface area contributed by atoms with E-state index in [1.54, 1.807) is 6.92 Å². The molecular formula is C21H21F3N2O3S. The first-order valence-electron chi connectivity index (χ1n) is 9.62. The molecule has 2 heterocycles. The minimum atomic E-state index is -2.68. The van der Waals surface area contributed by atoms with Crippen LogP contribution in [-0.2, 0) is 6.54 Å². The average molecular weight is 438 g/mol. The molecule has 0 spiro atoms. The number of anilines is 1. The zero-order valence-corrected chi connectivity index (χ0v) is 17.1. The molecule has 30 heavy (non-hydrogen) atoms. The maximum Gasteiger partial charge on any atom is 0.411 e. The molecule has 1 aromatic carbocycles. The van der Waals surface area contributed by atoms with E-state index in [4.69, 9.17) is 4.74 Å². The Hall–Kier alpha value is -2.68. The van der Waals surface area contributed by atoms with E-state index in [9.17, 15) is 23.1 Å². The molecule has 0 saturated heterocycles. The van der Waals surface area contributed by atoms with Crippen LogP contribution < -0.4 is 10.1 Å². The molecule has 0 atom stereocenters. The van der Waals surface area contributed by atoms with Crippen molar-refractivity contribution in [1.82, 2.24) is 4.90 Å². The zero-order valence-electron chi connectivity index (χ0n) is 16.3. The Morgan fingerprint density at radius 1 is 1.30 bits per heavy atom. The van der Waals surface area contributed by atoms with Crippen LogP contribution in [0.2, 0.25) is 0 Å². The van der Waals surface area contributed by atoms with E-state index in [0.717, 1.165) is 10.4 Å². The third-order valence-corrected chi connectivity index (χ3v) is 6.38. The predicted molar refractivity (Wildman–Crippen MR) is 108 cm³/mol. The number of thiophene rings is 1. The summed E-state index contributed by atoms with van der Waals surface area (Å²) in [7, 11) is 0. The van der Waals surface area contributed by atoms with E-state index in [0.29, 0.717) is 17.1 Å². The largest absolute Gasteiger partial charge is 0.488 e. The fraction of sp³-hybridized carbons (Fsp3) is 0.381. The summed E-state index contributed by atoms with van der Waals surface area (Å²) in [5, 5.41) is 14.6. The number of rotatable bonds is 4. The van der Waals surface area contributed by atoms with Gasteiger partial charge in [0.05, 0.1) is 24.0 Å². The van der Waals surface area contributed by atoms with Gasteiger partial charge in [-0.1, -0.05) is 0 Å². The third-order valence-electron chi connectivity index (χ3n) is 5.48. The lowest BCUT2D eigenvalue weighted by Crippen LogP contribution is -2.32. The van der Waals surface area contributed by atoms with Crippen molar-refractivity contribution < 1.29 is 27.8 Å². The second-order valence-electron chi connectivity index (χ2n) is 7.53. The van der Waals surface area contributed by atoms with Gasteiger partial charge >= 0.3 is 6.09 Å². The molecule has 160 valence electrons. The van der Waals surface area contributed by atoms with Gasteiger partial charge in [-0.2, -0.15) is 0 Å². The van der Waals surface area contributed by atoms with Gasteiger partial charge in [0.2, 0.25) is 5.92 Å². The number of nitrogens with one attached hydrogen (secondary N) is 1. The number of nitrogens with zero attached hydrogens (tertiary/aromatic N) is 1. The summed E-state index contributed by atoms with van der Waals surface area (Å²) >= 11 is 1.46. The number of hydrogen-bond donors (Lipinski definition) is 2. The number of carbonyl (C=O) groups is 1. The first-order chi connectivity index (χ1) is 14.2. The Balaban J connectivity index is 1.63. The van der Waals surface area contributed by atoms with Crippen molar-refractivity contribution in [3.63, 3.8) is 0 Å². The molecule has 1 aliphatic carbocycles. The number of fused-ring (bicyclic) bond motifs is 1. The molecule has 4 rings (SSSR count). The summed E-state index contributed by atoms with van der Waals surface area (Å²) in [5.74, 6) is -2.97. The minimum absolute atomic E-state index is 0.187. The number of benzene rings is 1. The number of amides is 1. The van der Waals surface area contributed by atoms with Crippen LogP contribution in [0.1, 0.15) is 43.0 Å². The first-order valence-corrected chi connectivity index (χ1v) is 10.5. The summed E-state index contributed by atoms with van der Waals surface area (Å²) in [6.07, 6.45) is -1.64. The van der Waals surface area contributed by atoms with Gasteiger partial charge in [0.25, 0.3) is 0 Å². The van der Waals surface area contributed by atoms with Crippen LogP contribution >= 0.6 is 11.3 Å². The van der Waals surface area contributed by atoms with Crippen LogP contribution in [0.3, 0.4) is 0 Å². The van der Waals surface area contributed by atoms with E-state index >= 15 is 0 Å². The van der Waals surface area contributed by atoms with Crippen LogP contribution in [-0.4, -0.2) is 28.1 Å². The van der Waals surface area contributed by atoms with Crippen LogP contribution in [0.25, 0.3) is 5.70 Å². The Bertz CT molecular complexity index is 995. The lowest BCUT2D eigenvalue weighted by molar-refractivity contribution is -0.0581. The van der Waals surface area contributed by atoms with Crippen molar-refractivity contribution in [1.29, 1.82) is 0 Å². The molecule has 1 saturated carbocycles. The topological polar surface area (TPSA) is 61.8 Å². The minimum Gasteiger partial charge on any atom is -0.488 e. The molecular weight excluding hydrogens is 417 g/mol. The van der Waals surface area contributed by atoms with Crippen LogP contribution in [0.15, 0.2) is 35.3 Å². The van der Waals surface area contributed by atoms with Crippen molar-refractivity contribution >= 4 is 28.8 Å². The Morgan fingerprint density at radius 3 is 2.73 bits per heavy atom. The highest BCUT2D eigenvalue weighted by Gasteiger charge is 2.36. The van der Waals surface area contributed by atoms with Crippen molar-refractivity contribution in [2.75, 3.05) is 5.32 Å². The van der Waals surface area contributed by atoms with Crippen LogP contribution in [0.4, 0.5) is 23.7 Å². The van der Waals surface area contributed by atoms with Gasteiger partial charge in [-0.3, -0.25) is 4.90 Å². The Morgan fingerprint density at radius 2 is 2.03 bits per heavy atom. The maximum atomic E-state index is 13.9. The predicted octanol–water partition coefficient (Wildman–Crippen LogP) is 6.14. The summed E-state index contributed by atoms with van der Waals surface area (Å²) < 4.78 is 46.7. The number of allylic oxidation sites excluding steroid dienone is 1. The SMILES string of the molecule is CC1=C(Nc2ccc(F)cc2OC2CCC(F)(F)CC2)c2ccsc2CN1C(=O)O. The fourth-order valence-electron chi connectivity index (χ4n) is 3.79. The van der Waals surface area contributed by atoms with E-state index < -0.39 is 23.9 Å². The number of halogens is 3. The monoisotopic (exact) mass is 438 g/mol. The van der Waals surface area contributed by atoms with Gasteiger partial charge in [-0.15, -0.1) is 11.3 Å². The van der Waals surface area contributed by atoms with Crippen molar-refractivity contribution in [3.8, 4) is 5.75 Å². The van der Waals surface area contributed by atoms with E-state index in [2.05, 4.69) is 5.32 Å². The summed E-state index contributed by atoms with van der Waals surface area (Å²) in [6, 6.07) is 5.90. The standard InChI is InChI=1S/C21H21F3N2O3S/c1-12-19(15-6-9-30-18(15)11-26(12)20(27)28)25-16-3-2-13(22)10-17(16)29-14-4-7-21(23,24)8-5-14/h2-3,6,9-10,14,25H,4-5,7-8,11H2,1H3,(H,27,28). The third kappa shape index (κ3) is 4.12. The molecule has 2 aliphatic rings. The van der Waals surface area contributed by atoms with Crippen molar-refractivity contribution in [2.24, 2.45) is 0 Å². The molecule has 1 fully saturated rings. The molecule has 2 N–H and O–H groups in total. The van der Waals surface area contributed by atoms with Crippen molar-refractivity contribution in [2.45, 2.75) is 51.2 Å². The molecule has 0 unspecified atom stereocenters. The number of hydrogen-bond acceptors (Lipinski definition) is 4. The smallest absolute Gasteiger partial charge is 0.411 e. The highest BCUT2D eigenvalue weighted by molar-refractivity contribution is 7.10. The molecule has 1 aliphatic heterocycles. The van der Waals surface area contributed by atoms with Crippen molar-refractivity contribution in [3.05, 3.63) is 51.6 Å². The molecule has 2 aromatic rings. The molecule has 0 radical (unpaired) electrons. The van der Waals surface area contributed by atoms with Crippen LogP contribution in [0.5, 0.6) is 5.75 Å². The highest BCUT2D eigenvalue weighted by atomic mass is 32.1. The average Bonchev–Trinajstić information content (AvgIpc) is 3.15. The summed E-state index contributed by atoms with van der Waals surface area (Å²) in [6.45, 7) is 1.97. The lowest BCUT2D eigenvalue weighted by atomic mass is 9.94. The number of ether oxygens (including phenoxy) is 1. The normalized spacial score (nSPS) is 18.9. The van der Waals surface area contributed by atoms with Gasteiger partial charge in [0.15, 0.2) is 0 Å². The molecule has 9 heteroatoms. The molecule has 0 bridgehead atoms. The van der Waals surface area contributed by atoms with E-state index in [1.165, 1.54) is 34.4 Å². The number of carboxylic acid groups (broad SMARTS) is 1. The van der Waals surface area contributed by atoms with Gasteiger partial charge in [0, 0.05) is 35.0 Å². The quantitative estimate of drug-likeness (QED) is 0.602. The van der Waals surface area contributed by atoms with Gasteiger partial charge in [-0.25, -0.2) is 18.0 Å². The second kappa shape index (κ2) is 7.86. The van der Waals surface area contributed by atoms with Gasteiger partial charge in [-0.05, 0) is 43.3 Å². The second-order valence-corrected chi connectivity index (χ2v) is 8.53. The first kappa shape index (κ1) is 20.6. The van der Waals surface area contributed by atoms with E-state index in [1.807, 2.05) is 11.4 Å². The van der Waals surface area contributed by atoms with Gasteiger partial charge < -0.3 is 15.2 Å². The maximum absolute atomic E-state index is 13.9. The summed E-state index contributed by atoms with van der Waals surface area (Å²) in [4.78, 5) is 13.8. The molecule has 5 nitrogen and oxygen atoms in total.